The zero-order valence-corrected chi connectivity index (χ0v) is 41.6. The molecule has 3 aliphatic rings. The highest BCUT2D eigenvalue weighted by atomic mass is 35.5. The summed E-state index contributed by atoms with van der Waals surface area (Å²) in [5.41, 5.74) is 4.72. The third-order valence-electron chi connectivity index (χ3n) is 13.3. The third-order valence-corrected chi connectivity index (χ3v) is 20.4. The summed E-state index contributed by atoms with van der Waals surface area (Å²) in [6, 6.07) is 16.5. The molecular weight excluding hydrogens is 988 g/mol. The first-order chi connectivity index (χ1) is 32.9. The molecule has 0 bridgehead atoms. The van der Waals surface area contributed by atoms with E-state index in [9.17, 15) is 33.7 Å². The first-order valence-electron chi connectivity index (χ1n) is 22.6. The van der Waals surface area contributed by atoms with Gasteiger partial charge in [0.1, 0.15) is 11.6 Å². The van der Waals surface area contributed by atoms with Crippen molar-refractivity contribution in [3.63, 3.8) is 0 Å². The van der Waals surface area contributed by atoms with Gasteiger partial charge < -0.3 is 0 Å². The first kappa shape index (κ1) is 47.3. The van der Waals surface area contributed by atoms with Crippen molar-refractivity contribution in [1.82, 2.24) is 56.1 Å². The second-order valence-electron chi connectivity index (χ2n) is 17.9. The number of halogens is 1. The third kappa shape index (κ3) is 8.81. The first-order valence-corrected chi connectivity index (χ1v) is 29.2. The average molecular weight is 1040 g/mol. The minimum Gasteiger partial charge on any atom is -0.274 e. The average Bonchev–Trinajstić information content (AvgIpc) is 4.18. The van der Waals surface area contributed by atoms with E-state index in [0.29, 0.717) is 84.2 Å². The number of nitrogens with zero attached hydrogens (tertiary/aromatic N) is 11. The molecule has 0 spiro atoms. The number of rotatable bonds is 12. The van der Waals surface area contributed by atoms with Crippen molar-refractivity contribution in [2.45, 2.75) is 98.9 Å². The van der Waals surface area contributed by atoms with Gasteiger partial charge in [-0.25, -0.2) is 56.3 Å². The molecule has 2 aromatic carbocycles. The number of fused-ring (bicyclic) bond motifs is 6. The number of benzene rings is 2. The van der Waals surface area contributed by atoms with Crippen molar-refractivity contribution in [3.8, 4) is 0 Å². The van der Waals surface area contributed by atoms with Gasteiger partial charge >= 0.3 is 0 Å². The summed E-state index contributed by atoms with van der Waals surface area (Å²) in [6.07, 6.45) is 11.3. The standard InChI is InChI=1S/C22H25ClN6O4S2.C22H24N6O4S2/c1-15-3-7-18(8-4-15)35(32,33)28-11-9-19-22(28)24-14-20-25-26-21(29(19)20)16-5-6-17(13-16)27-34(30,31)12-2-10-23;1-15-3-7-18(8-4-15)34(31,32)27-11-9-19-22(27)23-14-20-24-25-21(28(19)20)16-5-6-17(13-16)26-10-2-12-33(26,29)30/h3-4,7-9,11,14,16-17,27H,2,5-6,10,12-13H2,1H3;3-4,7-9,11,14,16-17H,2,5-6,10,12-13H2,1H3/t2*16?,17-/m00/s1. The highest BCUT2D eigenvalue weighted by molar-refractivity contribution is 7.90. The van der Waals surface area contributed by atoms with E-state index in [2.05, 4.69) is 35.1 Å². The summed E-state index contributed by atoms with van der Waals surface area (Å²) in [5, 5.41) is 17.3. The fraction of sp³-hybridized carbons (Fsp3) is 0.409. The van der Waals surface area contributed by atoms with Crippen LogP contribution in [0.2, 0.25) is 0 Å². The van der Waals surface area contributed by atoms with Crippen LogP contribution in [0.5, 0.6) is 0 Å². The van der Waals surface area contributed by atoms with Gasteiger partial charge in [-0.2, -0.15) is 4.31 Å². The zero-order valence-electron chi connectivity index (χ0n) is 37.6. The molecule has 2 saturated carbocycles. The summed E-state index contributed by atoms with van der Waals surface area (Å²) < 4.78 is 113. The van der Waals surface area contributed by atoms with Crippen molar-refractivity contribution < 1.29 is 33.7 Å². The molecule has 25 heteroatoms. The fourth-order valence-corrected chi connectivity index (χ4v) is 15.9. The maximum absolute atomic E-state index is 13.3. The normalized spacial score (nSPS) is 21.2. The number of nitrogens with one attached hydrogen (secondary N) is 1. The maximum Gasteiger partial charge on any atom is 0.269 e. The lowest BCUT2D eigenvalue weighted by atomic mass is 10.1. The number of hydrogen-bond donors (Lipinski definition) is 1. The molecule has 11 rings (SSSR count). The van der Waals surface area contributed by atoms with E-state index >= 15 is 0 Å². The summed E-state index contributed by atoms with van der Waals surface area (Å²) in [7, 11) is -14.2. The van der Waals surface area contributed by atoms with Gasteiger partial charge in [0.25, 0.3) is 20.0 Å². The molecule has 7 heterocycles. The molecule has 20 nitrogen and oxygen atoms in total. The van der Waals surface area contributed by atoms with Crippen LogP contribution in [-0.2, 0) is 40.1 Å². The quantitative estimate of drug-likeness (QED) is 0.156. The van der Waals surface area contributed by atoms with Gasteiger partial charge in [-0.3, -0.25) is 8.80 Å². The topological polar surface area (TPSA) is 248 Å². The highest BCUT2D eigenvalue weighted by Gasteiger charge is 2.40. The molecule has 1 N–H and O–H groups in total. The lowest BCUT2D eigenvalue weighted by Crippen LogP contribution is -2.34. The molecule has 3 fully saturated rings. The van der Waals surface area contributed by atoms with E-state index in [1.807, 2.05) is 22.6 Å². The van der Waals surface area contributed by atoms with Gasteiger partial charge in [0, 0.05) is 48.7 Å². The van der Waals surface area contributed by atoms with Crippen molar-refractivity contribution in [2.75, 3.05) is 23.9 Å². The Balaban J connectivity index is 0.000000160. The van der Waals surface area contributed by atoms with Gasteiger partial charge in [-0.05, 0) is 102 Å². The number of alkyl halides is 1. The van der Waals surface area contributed by atoms with E-state index < -0.39 is 40.1 Å². The molecule has 4 atom stereocenters. The number of aryl methyl sites for hydroxylation is 2. The molecule has 69 heavy (non-hydrogen) atoms. The van der Waals surface area contributed by atoms with Crippen molar-refractivity contribution in [3.05, 3.63) is 108 Å². The van der Waals surface area contributed by atoms with E-state index in [-0.39, 0.29) is 50.9 Å². The van der Waals surface area contributed by atoms with Crippen LogP contribution in [-0.4, -0.2) is 121 Å². The van der Waals surface area contributed by atoms with E-state index in [1.54, 1.807) is 65.0 Å². The molecule has 1 saturated heterocycles. The molecule has 2 unspecified atom stereocenters. The van der Waals surface area contributed by atoms with Crippen molar-refractivity contribution in [2.24, 2.45) is 0 Å². The van der Waals surface area contributed by atoms with Crippen molar-refractivity contribution in [1.29, 1.82) is 0 Å². The molecule has 0 radical (unpaired) electrons. The second-order valence-corrected chi connectivity index (χ2v) is 25.8. The Labute approximate surface area is 404 Å². The summed E-state index contributed by atoms with van der Waals surface area (Å²) >= 11 is 5.63. The van der Waals surface area contributed by atoms with Gasteiger partial charge in [0.15, 0.2) is 22.6 Å². The van der Waals surface area contributed by atoms with Gasteiger partial charge in [-0.15, -0.1) is 32.0 Å². The summed E-state index contributed by atoms with van der Waals surface area (Å²) in [5.74, 6) is 1.89. The number of sulfonamides is 2. The lowest BCUT2D eigenvalue weighted by Gasteiger charge is -2.22. The largest absolute Gasteiger partial charge is 0.274 e. The van der Waals surface area contributed by atoms with Gasteiger partial charge in [0.2, 0.25) is 20.0 Å². The Morgan fingerprint density at radius 2 is 1.17 bits per heavy atom. The molecule has 0 amide bonds. The Bertz CT molecular complexity index is 3710. The van der Waals surface area contributed by atoms with Gasteiger partial charge in [0.05, 0.1) is 44.7 Å². The molecule has 6 aromatic heterocycles. The zero-order chi connectivity index (χ0) is 48.5. The van der Waals surface area contributed by atoms with E-state index in [4.69, 9.17) is 11.6 Å². The fourth-order valence-electron chi connectivity index (χ4n) is 9.87. The monoisotopic (exact) mass is 1040 g/mol. The Hall–Kier alpha value is -5.37. The lowest BCUT2D eigenvalue weighted by molar-refractivity contribution is 0.342. The minimum atomic E-state index is -3.85. The van der Waals surface area contributed by atoms with Crippen molar-refractivity contribution >= 4 is 85.3 Å². The van der Waals surface area contributed by atoms with E-state index in [1.165, 1.54) is 32.7 Å². The number of aromatic nitrogens is 10. The molecule has 8 aromatic rings. The van der Waals surface area contributed by atoms with Crippen LogP contribution in [0.1, 0.15) is 86.0 Å². The Morgan fingerprint density at radius 1 is 0.667 bits per heavy atom. The highest BCUT2D eigenvalue weighted by Crippen LogP contribution is 2.40. The second kappa shape index (κ2) is 18.1. The predicted molar refractivity (Wildman–Crippen MR) is 258 cm³/mol. The predicted octanol–water partition coefficient (Wildman–Crippen LogP) is 5.10. The maximum atomic E-state index is 13.3. The molecular formula is C44H49ClN12O8S4. The molecule has 2 aliphatic carbocycles. The molecule has 364 valence electrons. The van der Waals surface area contributed by atoms with Crippen LogP contribution in [0.3, 0.4) is 0 Å². The van der Waals surface area contributed by atoms with Gasteiger partial charge in [-0.1, -0.05) is 35.4 Å². The Kier molecular flexibility index (Phi) is 12.4. The Morgan fingerprint density at radius 3 is 1.67 bits per heavy atom. The smallest absolute Gasteiger partial charge is 0.269 e. The SMILES string of the molecule is Cc1ccc(S(=O)(=O)n2ccc3c2ncc2nnc(C4CC[C@H](N5CCCS5(=O)=O)C4)n23)cc1.Cc1ccc(S(=O)(=O)n2ccc3c2ncc2nnc(C4CC[C@H](NS(=O)(=O)CCCCl)C4)n23)cc1. The van der Waals surface area contributed by atoms with E-state index in [0.717, 1.165) is 30.4 Å². The van der Waals surface area contributed by atoms with Crippen LogP contribution in [0.25, 0.3) is 33.6 Å². The van der Waals surface area contributed by atoms with Crippen LogP contribution in [0.4, 0.5) is 0 Å². The summed E-state index contributed by atoms with van der Waals surface area (Å²) in [6.45, 7) is 4.37. The van der Waals surface area contributed by atoms with Crippen LogP contribution < -0.4 is 4.72 Å². The summed E-state index contributed by atoms with van der Waals surface area (Å²) in [4.78, 5) is 9.12. The molecule has 1 aliphatic heterocycles. The minimum absolute atomic E-state index is 0.000787. The van der Waals surface area contributed by atoms with Crippen LogP contribution in [0, 0.1) is 13.8 Å². The van der Waals surface area contributed by atoms with Crippen LogP contribution in [0.15, 0.2) is 95.2 Å². The number of hydrogen-bond acceptors (Lipinski definition) is 14. The van der Waals surface area contributed by atoms with Crippen LogP contribution >= 0.6 is 11.6 Å².